The molecule has 0 N–H and O–H groups in total. The van der Waals surface area contributed by atoms with E-state index in [0.29, 0.717) is 0 Å². The highest BCUT2D eigenvalue weighted by molar-refractivity contribution is 6.30. The Morgan fingerprint density at radius 1 is 0.762 bits per heavy atom. The van der Waals surface area contributed by atoms with Crippen LogP contribution in [0.3, 0.4) is 0 Å². The van der Waals surface area contributed by atoms with Gasteiger partial charge >= 0.3 is 0 Å². The van der Waals surface area contributed by atoms with Gasteiger partial charge in [0.1, 0.15) is 0 Å². The second-order valence-electron chi connectivity index (χ2n) is 5.19. The van der Waals surface area contributed by atoms with Crippen molar-refractivity contribution in [1.82, 2.24) is 0 Å². The SMILES string of the molecule is Cc1cc[n+]([C@@H](c2ccccc2)c2ccc(Cl)cc2)cc1. The molecule has 3 aromatic rings. The predicted molar refractivity (Wildman–Crippen MR) is 86.5 cm³/mol. The molecule has 2 heteroatoms. The summed E-state index contributed by atoms with van der Waals surface area (Å²) in [6, 6.07) is 23.0. The molecule has 0 amide bonds. The van der Waals surface area contributed by atoms with Crippen molar-refractivity contribution in [3.63, 3.8) is 0 Å². The summed E-state index contributed by atoms with van der Waals surface area (Å²) in [6.07, 6.45) is 4.25. The van der Waals surface area contributed by atoms with Crippen LogP contribution < -0.4 is 4.57 Å². The van der Waals surface area contributed by atoms with E-state index in [-0.39, 0.29) is 6.04 Å². The van der Waals surface area contributed by atoms with Gasteiger partial charge in [-0.3, -0.25) is 0 Å². The minimum absolute atomic E-state index is 0.157. The standard InChI is InChI=1S/C19H17ClN/c1-15-11-13-21(14-12-15)19(16-5-3-2-4-6-16)17-7-9-18(20)10-8-17/h2-14,19H,1H3/q+1/t19-/m0/s1. The lowest BCUT2D eigenvalue weighted by Gasteiger charge is -2.13. The second kappa shape index (κ2) is 6.11. The molecule has 0 bridgehead atoms. The van der Waals surface area contributed by atoms with Gasteiger partial charge in [0.05, 0.1) is 0 Å². The number of nitrogens with zero attached hydrogens (tertiary/aromatic N) is 1. The lowest BCUT2D eigenvalue weighted by Crippen LogP contribution is -2.40. The van der Waals surface area contributed by atoms with Crippen LogP contribution in [0.15, 0.2) is 79.1 Å². The molecule has 1 nitrogen and oxygen atoms in total. The summed E-state index contributed by atoms with van der Waals surface area (Å²) >= 11 is 6.02. The van der Waals surface area contributed by atoms with Gasteiger partial charge in [-0.05, 0) is 24.6 Å². The van der Waals surface area contributed by atoms with Crippen LogP contribution in [0.2, 0.25) is 5.02 Å². The third-order valence-corrected chi connectivity index (χ3v) is 3.87. The molecule has 1 aromatic heterocycles. The third kappa shape index (κ3) is 3.14. The van der Waals surface area contributed by atoms with Gasteiger partial charge in [-0.1, -0.05) is 54.1 Å². The summed E-state index contributed by atoms with van der Waals surface area (Å²) in [5.74, 6) is 0. The Hall–Kier alpha value is -2.12. The second-order valence-corrected chi connectivity index (χ2v) is 5.62. The number of pyridine rings is 1. The van der Waals surface area contributed by atoms with E-state index in [1.54, 1.807) is 0 Å². The van der Waals surface area contributed by atoms with Gasteiger partial charge in [-0.2, -0.15) is 4.57 Å². The molecule has 2 aromatic carbocycles. The van der Waals surface area contributed by atoms with E-state index < -0.39 is 0 Å². The average molecular weight is 295 g/mol. The van der Waals surface area contributed by atoms with Gasteiger partial charge in [-0.25, -0.2) is 0 Å². The molecular weight excluding hydrogens is 278 g/mol. The first-order valence-corrected chi connectivity index (χ1v) is 7.39. The van der Waals surface area contributed by atoms with Crippen molar-refractivity contribution in [3.8, 4) is 0 Å². The van der Waals surface area contributed by atoms with Crippen LogP contribution >= 0.6 is 11.6 Å². The highest BCUT2D eigenvalue weighted by Crippen LogP contribution is 2.23. The molecule has 3 rings (SSSR count). The highest BCUT2D eigenvalue weighted by atomic mass is 35.5. The summed E-state index contributed by atoms with van der Waals surface area (Å²) in [5.41, 5.74) is 3.74. The van der Waals surface area contributed by atoms with Gasteiger partial charge in [-0.15, -0.1) is 0 Å². The fourth-order valence-electron chi connectivity index (χ4n) is 2.50. The van der Waals surface area contributed by atoms with E-state index in [9.17, 15) is 0 Å². The van der Waals surface area contributed by atoms with Crippen molar-refractivity contribution in [3.05, 3.63) is 101 Å². The van der Waals surface area contributed by atoms with Crippen molar-refractivity contribution in [2.24, 2.45) is 0 Å². The molecule has 1 heterocycles. The maximum atomic E-state index is 6.02. The third-order valence-electron chi connectivity index (χ3n) is 3.62. The van der Waals surface area contributed by atoms with Crippen molar-refractivity contribution >= 4 is 11.6 Å². The van der Waals surface area contributed by atoms with Gasteiger partial charge in [0.2, 0.25) is 6.04 Å². The van der Waals surface area contributed by atoms with Gasteiger partial charge < -0.3 is 0 Å². The smallest absolute Gasteiger partial charge is 0.194 e. The largest absolute Gasteiger partial charge is 0.208 e. The highest BCUT2D eigenvalue weighted by Gasteiger charge is 2.22. The zero-order chi connectivity index (χ0) is 14.7. The lowest BCUT2D eigenvalue weighted by atomic mass is 9.98. The molecule has 0 aliphatic rings. The van der Waals surface area contributed by atoms with Crippen LogP contribution in [0.25, 0.3) is 0 Å². The molecule has 21 heavy (non-hydrogen) atoms. The maximum absolute atomic E-state index is 6.02. The van der Waals surface area contributed by atoms with E-state index in [1.807, 2.05) is 18.2 Å². The fraction of sp³-hybridized carbons (Fsp3) is 0.105. The van der Waals surface area contributed by atoms with Gasteiger partial charge in [0, 0.05) is 28.3 Å². The van der Waals surface area contributed by atoms with Crippen LogP contribution in [-0.4, -0.2) is 0 Å². The molecule has 0 aliphatic carbocycles. The Balaban J connectivity index is 2.11. The zero-order valence-electron chi connectivity index (χ0n) is 11.9. The number of aryl methyl sites for hydroxylation is 1. The van der Waals surface area contributed by atoms with Crippen LogP contribution in [-0.2, 0) is 0 Å². The summed E-state index contributed by atoms with van der Waals surface area (Å²) in [4.78, 5) is 0. The Morgan fingerprint density at radius 2 is 1.33 bits per heavy atom. The van der Waals surface area contributed by atoms with Crippen molar-refractivity contribution < 1.29 is 4.57 Å². The summed E-state index contributed by atoms with van der Waals surface area (Å²) in [7, 11) is 0. The van der Waals surface area contributed by atoms with Crippen molar-refractivity contribution in [1.29, 1.82) is 0 Å². The minimum Gasteiger partial charge on any atom is -0.194 e. The number of hydrogen-bond acceptors (Lipinski definition) is 0. The Labute approximate surface area is 130 Å². The van der Waals surface area contributed by atoms with Crippen LogP contribution in [0.4, 0.5) is 0 Å². The number of aromatic nitrogens is 1. The molecule has 0 aliphatic heterocycles. The average Bonchev–Trinajstić information content (AvgIpc) is 2.52. The first-order valence-electron chi connectivity index (χ1n) is 7.02. The molecular formula is C19H17ClN+. The van der Waals surface area contributed by atoms with Crippen LogP contribution in [0.5, 0.6) is 0 Å². The molecule has 0 unspecified atom stereocenters. The Kier molecular flexibility index (Phi) is 4.03. The Bertz CT molecular complexity index is 657. The molecule has 0 saturated carbocycles. The van der Waals surface area contributed by atoms with Crippen LogP contribution in [0, 0.1) is 6.92 Å². The van der Waals surface area contributed by atoms with Gasteiger partial charge in [0.25, 0.3) is 0 Å². The molecule has 0 saturated heterocycles. The normalized spacial score (nSPS) is 12.1. The van der Waals surface area contributed by atoms with E-state index in [1.165, 1.54) is 16.7 Å². The monoisotopic (exact) mass is 294 g/mol. The van der Waals surface area contributed by atoms with Crippen molar-refractivity contribution in [2.75, 3.05) is 0 Å². The number of rotatable bonds is 3. The topological polar surface area (TPSA) is 3.88 Å². The summed E-state index contributed by atoms with van der Waals surface area (Å²) in [6.45, 7) is 2.10. The first-order chi connectivity index (χ1) is 10.2. The predicted octanol–water partition coefficient (Wildman–Crippen LogP) is 4.57. The van der Waals surface area contributed by atoms with E-state index in [0.717, 1.165) is 5.02 Å². The summed E-state index contributed by atoms with van der Waals surface area (Å²) in [5, 5.41) is 0.763. The zero-order valence-corrected chi connectivity index (χ0v) is 12.7. The molecule has 0 fully saturated rings. The number of hydrogen-bond donors (Lipinski definition) is 0. The number of halogens is 1. The Morgan fingerprint density at radius 3 is 1.95 bits per heavy atom. The molecule has 0 radical (unpaired) electrons. The first kappa shape index (κ1) is 13.8. The number of benzene rings is 2. The fourth-order valence-corrected chi connectivity index (χ4v) is 2.63. The van der Waals surface area contributed by atoms with E-state index >= 15 is 0 Å². The molecule has 0 spiro atoms. The molecule has 1 atom stereocenters. The van der Waals surface area contributed by atoms with Crippen LogP contribution in [0.1, 0.15) is 22.7 Å². The lowest BCUT2D eigenvalue weighted by molar-refractivity contribution is -0.704. The quantitative estimate of drug-likeness (QED) is 0.623. The summed E-state index contributed by atoms with van der Waals surface area (Å²) < 4.78 is 2.23. The van der Waals surface area contributed by atoms with Crippen molar-refractivity contribution in [2.45, 2.75) is 13.0 Å². The molecule has 104 valence electrons. The van der Waals surface area contributed by atoms with Gasteiger partial charge in [0.15, 0.2) is 12.4 Å². The van der Waals surface area contributed by atoms with E-state index in [2.05, 4.69) is 72.4 Å². The maximum Gasteiger partial charge on any atom is 0.208 e. The van der Waals surface area contributed by atoms with E-state index in [4.69, 9.17) is 11.6 Å². The minimum atomic E-state index is 0.157.